The van der Waals surface area contributed by atoms with E-state index in [0.29, 0.717) is 34.7 Å². The van der Waals surface area contributed by atoms with Gasteiger partial charge in [0.25, 0.3) is 0 Å². The van der Waals surface area contributed by atoms with Crippen LogP contribution in [0.15, 0.2) is 79.9 Å². The number of nitrogens with two attached hydrogens (primary N) is 1. The number of hydrogen-bond donors (Lipinski definition) is 2. The van der Waals surface area contributed by atoms with Gasteiger partial charge in [0.2, 0.25) is 5.91 Å². The minimum atomic E-state index is 0.0185. The molecule has 2 aliphatic rings. The standard InChI is InChI=1S/C32H31N9O/c1-2-29(42)40-16-11-21(12-17-40)37-25-8-5-20-18-22(6-7-23(20)25)41-31(24-4-3-13-36-30(24)33)39-27-10-9-26(38-32(27)41)28-19-34-14-15-35-28/h2-4,6-7,9-10,13-15,18-19,21,25,37H,1,5,8,11-12,16-17H2,(H2,33,36). The van der Waals surface area contributed by atoms with Crippen molar-refractivity contribution in [3.8, 4) is 28.5 Å². The molecular weight excluding hydrogens is 526 g/mol. The molecule has 0 radical (unpaired) electrons. The molecule has 1 fully saturated rings. The Bertz CT molecular complexity index is 1790. The lowest BCUT2D eigenvalue weighted by molar-refractivity contribution is -0.127. The number of imidazole rings is 1. The summed E-state index contributed by atoms with van der Waals surface area (Å²) in [5.74, 6) is 1.12. The first-order valence-electron chi connectivity index (χ1n) is 14.3. The molecule has 4 aromatic heterocycles. The van der Waals surface area contributed by atoms with Crippen LogP contribution in [-0.4, -0.2) is 59.4 Å². The first-order valence-corrected chi connectivity index (χ1v) is 14.3. The number of aromatic nitrogens is 6. The number of nitrogens with zero attached hydrogens (tertiary/aromatic N) is 7. The van der Waals surface area contributed by atoms with Crippen LogP contribution in [0.4, 0.5) is 5.82 Å². The molecule has 1 aliphatic heterocycles. The molecular formula is C32H31N9O. The van der Waals surface area contributed by atoms with E-state index in [1.165, 1.54) is 17.2 Å². The molecule has 3 N–H and O–H groups in total. The molecule has 0 saturated carbocycles. The number of hydrogen-bond acceptors (Lipinski definition) is 8. The minimum absolute atomic E-state index is 0.0185. The Morgan fingerprint density at radius 3 is 2.67 bits per heavy atom. The topological polar surface area (TPSA) is 128 Å². The molecule has 10 heteroatoms. The Hall–Kier alpha value is -4.96. The number of anilines is 1. The predicted molar refractivity (Wildman–Crippen MR) is 162 cm³/mol. The van der Waals surface area contributed by atoms with Crippen molar-refractivity contribution in [1.82, 2.24) is 39.7 Å². The van der Waals surface area contributed by atoms with Gasteiger partial charge in [-0.15, -0.1) is 0 Å². The highest BCUT2D eigenvalue weighted by atomic mass is 16.2. The third kappa shape index (κ3) is 4.69. The Kier molecular flexibility index (Phi) is 6.67. The van der Waals surface area contributed by atoms with E-state index in [1.54, 1.807) is 24.8 Å². The van der Waals surface area contributed by atoms with Crippen molar-refractivity contribution < 1.29 is 4.79 Å². The number of pyridine rings is 2. The SMILES string of the molecule is C=CC(=O)N1CCC(NC2CCc3cc(-n4c(-c5cccnc5N)nc5ccc(-c6cnccn6)nc54)ccc32)CC1. The number of nitrogen functional groups attached to an aromatic ring is 1. The fraction of sp³-hybridized carbons (Fsp3) is 0.250. The molecule has 1 aromatic carbocycles. The molecule has 0 bridgehead atoms. The lowest BCUT2D eigenvalue weighted by atomic mass is 10.0. The van der Waals surface area contributed by atoms with E-state index < -0.39 is 0 Å². The second kappa shape index (κ2) is 10.8. The van der Waals surface area contributed by atoms with Crippen molar-refractivity contribution in [2.24, 2.45) is 0 Å². The number of piperidine rings is 1. The van der Waals surface area contributed by atoms with Crippen molar-refractivity contribution in [3.63, 3.8) is 0 Å². The van der Waals surface area contributed by atoms with Crippen molar-refractivity contribution in [2.45, 2.75) is 37.8 Å². The first kappa shape index (κ1) is 26.0. The Balaban J connectivity index is 1.24. The highest BCUT2D eigenvalue weighted by molar-refractivity contribution is 5.87. The monoisotopic (exact) mass is 557 g/mol. The smallest absolute Gasteiger partial charge is 0.245 e. The maximum Gasteiger partial charge on any atom is 0.245 e. The molecule has 1 saturated heterocycles. The second-order valence-electron chi connectivity index (χ2n) is 10.8. The van der Waals surface area contributed by atoms with Gasteiger partial charge in [0.05, 0.1) is 17.5 Å². The summed E-state index contributed by atoms with van der Waals surface area (Å²) in [6, 6.07) is 15.0. The van der Waals surface area contributed by atoms with Crippen LogP contribution in [0.1, 0.15) is 36.4 Å². The summed E-state index contributed by atoms with van der Waals surface area (Å²) < 4.78 is 2.07. The minimum Gasteiger partial charge on any atom is -0.383 e. The van der Waals surface area contributed by atoms with E-state index in [1.807, 2.05) is 29.2 Å². The van der Waals surface area contributed by atoms with Gasteiger partial charge in [-0.1, -0.05) is 12.6 Å². The number of fused-ring (bicyclic) bond motifs is 2. The first-order chi connectivity index (χ1) is 20.6. The number of nitrogens with one attached hydrogen (secondary N) is 1. The van der Waals surface area contributed by atoms with Crippen LogP contribution < -0.4 is 11.1 Å². The third-order valence-corrected chi connectivity index (χ3v) is 8.29. The van der Waals surface area contributed by atoms with Gasteiger partial charge in [0.15, 0.2) is 11.5 Å². The van der Waals surface area contributed by atoms with Crippen molar-refractivity contribution >= 4 is 22.9 Å². The van der Waals surface area contributed by atoms with Crippen LogP contribution in [0.2, 0.25) is 0 Å². The molecule has 5 heterocycles. The van der Waals surface area contributed by atoms with Crippen LogP contribution >= 0.6 is 0 Å². The molecule has 1 atom stereocenters. The van der Waals surface area contributed by atoms with Crippen molar-refractivity contribution in [3.05, 3.63) is 91.0 Å². The highest BCUT2D eigenvalue weighted by Gasteiger charge is 2.29. The maximum atomic E-state index is 12.0. The summed E-state index contributed by atoms with van der Waals surface area (Å²) in [5.41, 5.74) is 13.6. The van der Waals surface area contributed by atoms with E-state index in [9.17, 15) is 4.79 Å². The number of rotatable bonds is 6. The molecule has 5 aromatic rings. The van der Waals surface area contributed by atoms with Crippen LogP contribution in [0, 0.1) is 0 Å². The van der Waals surface area contributed by atoms with Crippen LogP contribution in [0.3, 0.4) is 0 Å². The van der Waals surface area contributed by atoms with Gasteiger partial charge in [-0.2, -0.15) is 0 Å². The Morgan fingerprint density at radius 2 is 1.88 bits per heavy atom. The van der Waals surface area contributed by atoms with E-state index >= 15 is 0 Å². The zero-order chi connectivity index (χ0) is 28.6. The number of likely N-dealkylation sites (tertiary alicyclic amines) is 1. The predicted octanol–water partition coefficient (Wildman–Crippen LogP) is 4.28. The highest BCUT2D eigenvalue weighted by Crippen LogP contribution is 2.36. The molecule has 1 aliphatic carbocycles. The van der Waals surface area contributed by atoms with Crippen molar-refractivity contribution in [2.75, 3.05) is 18.8 Å². The van der Waals surface area contributed by atoms with Crippen LogP contribution in [0.5, 0.6) is 0 Å². The normalized spacial score (nSPS) is 17.0. The van der Waals surface area contributed by atoms with E-state index in [0.717, 1.165) is 55.5 Å². The van der Waals surface area contributed by atoms with Gasteiger partial charge in [-0.3, -0.25) is 19.3 Å². The lowest BCUT2D eigenvalue weighted by Crippen LogP contribution is -2.45. The number of benzene rings is 1. The van der Waals surface area contributed by atoms with Crippen molar-refractivity contribution in [1.29, 1.82) is 0 Å². The number of amides is 1. The molecule has 10 nitrogen and oxygen atoms in total. The van der Waals surface area contributed by atoms with Gasteiger partial charge in [0, 0.05) is 49.5 Å². The van der Waals surface area contributed by atoms with Gasteiger partial charge < -0.3 is 16.0 Å². The fourth-order valence-corrected chi connectivity index (χ4v) is 6.16. The summed E-state index contributed by atoms with van der Waals surface area (Å²) in [6.45, 7) is 5.14. The molecule has 210 valence electrons. The van der Waals surface area contributed by atoms with Crippen LogP contribution in [-0.2, 0) is 11.2 Å². The molecule has 1 unspecified atom stereocenters. The maximum absolute atomic E-state index is 12.0. The largest absolute Gasteiger partial charge is 0.383 e. The summed E-state index contributed by atoms with van der Waals surface area (Å²) in [6.07, 6.45) is 12.0. The lowest BCUT2D eigenvalue weighted by Gasteiger charge is -2.33. The molecule has 1 amide bonds. The average molecular weight is 558 g/mol. The summed E-state index contributed by atoms with van der Waals surface area (Å²) in [7, 11) is 0. The Morgan fingerprint density at radius 1 is 1.00 bits per heavy atom. The van der Waals surface area contributed by atoms with E-state index in [4.69, 9.17) is 15.7 Å². The fourth-order valence-electron chi connectivity index (χ4n) is 6.16. The number of carbonyl (C=O) groups excluding carboxylic acids is 1. The quantitative estimate of drug-likeness (QED) is 0.296. The zero-order valence-electron chi connectivity index (χ0n) is 23.1. The summed E-state index contributed by atoms with van der Waals surface area (Å²) >= 11 is 0. The second-order valence-corrected chi connectivity index (χ2v) is 10.8. The average Bonchev–Trinajstić information content (AvgIpc) is 3.62. The number of aryl methyl sites for hydroxylation is 1. The third-order valence-electron chi connectivity index (χ3n) is 8.29. The molecule has 7 rings (SSSR count). The molecule has 0 spiro atoms. The van der Waals surface area contributed by atoms with Gasteiger partial charge in [0.1, 0.15) is 17.0 Å². The van der Waals surface area contributed by atoms with Gasteiger partial charge in [-0.25, -0.2) is 15.0 Å². The Labute approximate surface area is 243 Å². The van der Waals surface area contributed by atoms with Gasteiger partial charge >= 0.3 is 0 Å². The summed E-state index contributed by atoms with van der Waals surface area (Å²) in [4.78, 5) is 36.8. The van der Waals surface area contributed by atoms with Gasteiger partial charge in [-0.05, 0) is 79.3 Å². The van der Waals surface area contributed by atoms with E-state index in [2.05, 4.69) is 49.6 Å². The van der Waals surface area contributed by atoms with E-state index in [-0.39, 0.29) is 11.9 Å². The summed E-state index contributed by atoms with van der Waals surface area (Å²) in [5, 5.41) is 3.87. The van der Waals surface area contributed by atoms with Crippen LogP contribution in [0.25, 0.3) is 39.6 Å². The molecule has 42 heavy (non-hydrogen) atoms. The zero-order valence-corrected chi connectivity index (χ0v) is 23.1. The number of carbonyl (C=O) groups is 1.